The third-order valence-corrected chi connectivity index (χ3v) is 4.83. The molecule has 0 unspecified atom stereocenters. The van der Waals surface area contributed by atoms with E-state index < -0.39 is 11.6 Å². The molecule has 7 nitrogen and oxygen atoms in total. The van der Waals surface area contributed by atoms with Crippen LogP contribution in [0.1, 0.15) is 45.1 Å². The van der Waals surface area contributed by atoms with Crippen LogP contribution in [0.3, 0.4) is 0 Å². The molecule has 27 heavy (non-hydrogen) atoms. The van der Waals surface area contributed by atoms with E-state index in [1.165, 1.54) is 22.8 Å². The summed E-state index contributed by atoms with van der Waals surface area (Å²) in [6, 6.07) is 3.87. The summed E-state index contributed by atoms with van der Waals surface area (Å²) in [7, 11) is 0. The molecular weight excluding hydrogens is 355 g/mol. The van der Waals surface area contributed by atoms with Crippen LogP contribution in [0.5, 0.6) is 0 Å². The zero-order chi connectivity index (χ0) is 19.4. The van der Waals surface area contributed by atoms with Crippen LogP contribution in [0.25, 0.3) is 11.1 Å². The van der Waals surface area contributed by atoms with E-state index in [9.17, 15) is 18.8 Å². The molecule has 0 bridgehead atoms. The van der Waals surface area contributed by atoms with Crippen LogP contribution >= 0.6 is 0 Å². The number of amides is 1. The Morgan fingerprint density at radius 3 is 2.70 bits per heavy atom. The Kier molecular flexibility index (Phi) is 5.93. The van der Waals surface area contributed by atoms with Crippen molar-refractivity contribution in [2.45, 2.75) is 45.1 Å². The molecule has 1 amide bonds. The normalized spacial score (nSPS) is 15.3. The van der Waals surface area contributed by atoms with E-state index in [1.54, 1.807) is 11.8 Å². The molecule has 3 rings (SSSR count). The second-order valence-electron chi connectivity index (χ2n) is 6.62. The minimum absolute atomic E-state index is 0.00630. The summed E-state index contributed by atoms with van der Waals surface area (Å²) in [6.07, 6.45) is 2.17. The van der Waals surface area contributed by atoms with Gasteiger partial charge in [-0.05, 0) is 38.3 Å². The van der Waals surface area contributed by atoms with Crippen LogP contribution in [-0.4, -0.2) is 41.0 Å². The molecule has 0 atom stereocenters. The van der Waals surface area contributed by atoms with E-state index >= 15 is 0 Å². The van der Waals surface area contributed by atoms with Crippen LogP contribution < -0.4 is 5.76 Å². The molecule has 1 fully saturated rings. The monoisotopic (exact) mass is 378 g/mol. The van der Waals surface area contributed by atoms with E-state index in [-0.39, 0.29) is 24.3 Å². The van der Waals surface area contributed by atoms with E-state index in [0.717, 1.165) is 0 Å². The number of rotatable bonds is 6. The fourth-order valence-corrected chi connectivity index (χ4v) is 3.50. The van der Waals surface area contributed by atoms with Crippen molar-refractivity contribution in [1.29, 1.82) is 0 Å². The van der Waals surface area contributed by atoms with Gasteiger partial charge >= 0.3 is 11.7 Å². The van der Waals surface area contributed by atoms with Gasteiger partial charge in [0.2, 0.25) is 5.91 Å². The lowest BCUT2D eigenvalue weighted by Crippen LogP contribution is -2.40. The van der Waals surface area contributed by atoms with Crippen LogP contribution in [0.4, 0.5) is 4.39 Å². The number of esters is 1. The average Bonchev–Trinajstić information content (AvgIpc) is 2.97. The van der Waals surface area contributed by atoms with Gasteiger partial charge in [-0.15, -0.1) is 0 Å². The van der Waals surface area contributed by atoms with Gasteiger partial charge in [-0.3, -0.25) is 14.2 Å². The minimum Gasteiger partial charge on any atom is -0.466 e. The zero-order valence-corrected chi connectivity index (χ0v) is 15.3. The lowest BCUT2D eigenvalue weighted by Gasteiger charge is -2.32. The van der Waals surface area contributed by atoms with Crippen LogP contribution in [-0.2, 0) is 14.3 Å². The van der Waals surface area contributed by atoms with Gasteiger partial charge < -0.3 is 14.1 Å². The molecule has 0 spiro atoms. The van der Waals surface area contributed by atoms with Gasteiger partial charge in [0.25, 0.3) is 0 Å². The first-order chi connectivity index (χ1) is 13.0. The van der Waals surface area contributed by atoms with Crippen molar-refractivity contribution in [3.8, 4) is 0 Å². The van der Waals surface area contributed by atoms with E-state index in [0.29, 0.717) is 56.5 Å². The number of likely N-dealkylation sites (tertiary alicyclic amines) is 1. The Balaban J connectivity index is 1.57. The number of hydrogen-bond donors (Lipinski definition) is 0. The molecule has 1 saturated heterocycles. The van der Waals surface area contributed by atoms with Crippen LogP contribution in [0.15, 0.2) is 27.4 Å². The van der Waals surface area contributed by atoms with Crippen molar-refractivity contribution in [2.24, 2.45) is 0 Å². The summed E-state index contributed by atoms with van der Waals surface area (Å²) >= 11 is 0. The molecule has 0 radical (unpaired) electrons. The van der Waals surface area contributed by atoms with Crippen molar-refractivity contribution >= 4 is 23.0 Å². The van der Waals surface area contributed by atoms with Gasteiger partial charge in [0.15, 0.2) is 5.58 Å². The molecule has 1 aliphatic heterocycles. The Bertz CT molecular complexity index is 880. The second-order valence-corrected chi connectivity index (χ2v) is 6.62. The number of fused-ring (bicyclic) bond motifs is 1. The molecule has 1 aliphatic rings. The number of nitrogens with zero attached hydrogens (tertiary/aromatic N) is 2. The molecule has 8 heteroatoms. The topological polar surface area (TPSA) is 81.8 Å². The largest absolute Gasteiger partial charge is 0.466 e. The Labute approximate surface area is 155 Å². The van der Waals surface area contributed by atoms with Crippen molar-refractivity contribution < 1.29 is 23.1 Å². The first-order valence-electron chi connectivity index (χ1n) is 9.23. The predicted molar refractivity (Wildman–Crippen MR) is 95.8 cm³/mol. The lowest BCUT2D eigenvalue weighted by molar-refractivity contribution is -0.143. The standard InChI is InChI=1S/C19H23FN2O5/c1-2-26-18(24)5-3-4-17(23)21-10-8-14(9-11-21)22-15-12-13(20)6-7-16(15)27-19(22)25/h6-7,12,14H,2-5,8-11H2,1H3. The van der Waals surface area contributed by atoms with E-state index in [2.05, 4.69) is 0 Å². The maximum atomic E-state index is 13.5. The number of benzene rings is 1. The Morgan fingerprint density at radius 2 is 2.00 bits per heavy atom. The summed E-state index contributed by atoms with van der Waals surface area (Å²) < 4.78 is 25.1. The third-order valence-electron chi connectivity index (χ3n) is 4.83. The number of aromatic nitrogens is 1. The molecular formula is C19H23FN2O5. The lowest BCUT2D eigenvalue weighted by atomic mass is 10.0. The summed E-state index contributed by atoms with van der Waals surface area (Å²) in [4.78, 5) is 37.5. The maximum Gasteiger partial charge on any atom is 0.420 e. The number of carbonyl (C=O) groups excluding carboxylic acids is 2. The molecule has 146 valence electrons. The quantitative estimate of drug-likeness (QED) is 0.722. The fourth-order valence-electron chi connectivity index (χ4n) is 3.50. The zero-order valence-electron chi connectivity index (χ0n) is 15.3. The van der Waals surface area contributed by atoms with Gasteiger partial charge in [0.05, 0.1) is 12.1 Å². The number of ether oxygens (including phenoxy) is 1. The first-order valence-corrected chi connectivity index (χ1v) is 9.23. The van der Waals surface area contributed by atoms with Gasteiger partial charge in [0.1, 0.15) is 5.82 Å². The second kappa shape index (κ2) is 8.37. The number of carbonyl (C=O) groups is 2. The number of hydrogen-bond acceptors (Lipinski definition) is 5. The predicted octanol–water partition coefficient (Wildman–Crippen LogP) is 2.63. The van der Waals surface area contributed by atoms with Crippen LogP contribution in [0, 0.1) is 5.82 Å². The molecule has 2 heterocycles. The number of oxazole rings is 1. The van der Waals surface area contributed by atoms with Crippen molar-refractivity contribution in [3.05, 3.63) is 34.6 Å². The summed E-state index contributed by atoms with van der Waals surface area (Å²) in [5.41, 5.74) is 0.804. The maximum absolute atomic E-state index is 13.5. The summed E-state index contributed by atoms with van der Waals surface area (Å²) in [5, 5.41) is 0. The fraction of sp³-hybridized carbons (Fsp3) is 0.526. The van der Waals surface area contributed by atoms with Gasteiger partial charge in [-0.25, -0.2) is 9.18 Å². The van der Waals surface area contributed by atoms with Crippen molar-refractivity contribution in [3.63, 3.8) is 0 Å². The minimum atomic E-state index is -0.505. The van der Waals surface area contributed by atoms with Crippen LogP contribution in [0.2, 0.25) is 0 Å². The molecule has 2 aromatic rings. The highest BCUT2D eigenvalue weighted by Crippen LogP contribution is 2.26. The van der Waals surface area contributed by atoms with Gasteiger partial charge in [0, 0.05) is 38.0 Å². The highest BCUT2D eigenvalue weighted by Gasteiger charge is 2.26. The van der Waals surface area contributed by atoms with Gasteiger partial charge in [-0.1, -0.05) is 0 Å². The molecule has 1 aromatic heterocycles. The van der Waals surface area contributed by atoms with Gasteiger partial charge in [-0.2, -0.15) is 0 Å². The average molecular weight is 378 g/mol. The molecule has 1 aromatic carbocycles. The number of piperidine rings is 1. The summed E-state index contributed by atoms with van der Waals surface area (Å²) in [6.45, 7) is 3.11. The van der Waals surface area contributed by atoms with E-state index in [4.69, 9.17) is 9.15 Å². The molecule has 0 aliphatic carbocycles. The van der Waals surface area contributed by atoms with Crippen molar-refractivity contribution in [1.82, 2.24) is 9.47 Å². The Hall–Kier alpha value is -2.64. The van der Waals surface area contributed by atoms with Crippen molar-refractivity contribution in [2.75, 3.05) is 19.7 Å². The number of halogens is 1. The first kappa shape index (κ1) is 19.1. The molecule has 0 saturated carbocycles. The SMILES string of the molecule is CCOC(=O)CCCC(=O)N1CCC(n2c(=O)oc3ccc(F)cc32)CC1. The highest BCUT2D eigenvalue weighted by molar-refractivity contribution is 5.77. The molecule has 0 N–H and O–H groups in total. The highest BCUT2D eigenvalue weighted by atomic mass is 19.1. The summed E-state index contributed by atoms with van der Waals surface area (Å²) in [5.74, 6) is -1.23. The Morgan fingerprint density at radius 1 is 1.26 bits per heavy atom. The van der Waals surface area contributed by atoms with E-state index in [1.807, 2.05) is 0 Å². The third kappa shape index (κ3) is 4.37. The smallest absolute Gasteiger partial charge is 0.420 e.